The van der Waals surface area contributed by atoms with E-state index in [1.807, 2.05) is 0 Å². The Morgan fingerprint density at radius 2 is 1.30 bits per heavy atom. The van der Waals surface area contributed by atoms with Crippen LogP contribution in [0.1, 0.15) is 39.5 Å². The summed E-state index contributed by atoms with van der Waals surface area (Å²) in [5, 5.41) is 0. The van der Waals surface area contributed by atoms with Crippen LogP contribution in [-0.4, -0.2) is 13.2 Å². The van der Waals surface area contributed by atoms with Crippen LogP contribution < -0.4 is 0 Å². The van der Waals surface area contributed by atoms with E-state index in [9.17, 15) is 0 Å². The van der Waals surface area contributed by atoms with Crippen molar-refractivity contribution >= 4 is 0 Å². The van der Waals surface area contributed by atoms with Crippen LogP contribution in [-0.2, 0) is 21.5 Å². The Hall–Kier alpha value is 0.466. The molecule has 0 aliphatic carbocycles. The first-order valence-electron chi connectivity index (χ1n) is 3.99. The Morgan fingerprint density at radius 1 is 0.900 bits per heavy atom. The molecule has 0 N–H and O–H groups in total. The zero-order valence-electron chi connectivity index (χ0n) is 6.98. The maximum absolute atomic E-state index is 5.31. The van der Waals surface area contributed by atoms with E-state index < -0.39 is 0 Å². The van der Waals surface area contributed by atoms with Gasteiger partial charge in [0.15, 0.2) is 0 Å². The maximum atomic E-state index is 5.31. The second-order valence-corrected chi connectivity index (χ2v) is 2.32. The van der Waals surface area contributed by atoms with E-state index in [4.69, 9.17) is 4.74 Å². The third kappa shape index (κ3) is 11.3. The number of hydrogen-bond donors (Lipinski definition) is 0. The predicted octanol–water partition coefficient (Wildman–Crippen LogP) is 2.60. The normalized spacial score (nSPS) is 9.00. The summed E-state index contributed by atoms with van der Waals surface area (Å²) < 4.78 is 5.31. The summed E-state index contributed by atoms with van der Waals surface area (Å²) in [4.78, 5) is 0. The summed E-state index contributed by atoms with van der Waals surface area (Å²) in [6, 6.07) is 0. The van der Waals surface area contributed by atoms with Gasteiger partial charge in [0.25, 0.3) is 0 Å². The van der Waals surface area contributed by atoms with Crippen LogP contribution in [0.5, 0.6) is 0 Å². The molecular formula is C8H18CoO. The Morgan fingerprint density at radius 3 is 1.60 bits per heavy atom. The van der Waals surface area contributed by atoms with Crippen LogP contribution in [0, 0.1) is 0 Å². The van der Waals surface area contributed by atoms with Crippen LogP contribution in [0.25, 0.3) is 0 Å². The van der Waals surface area contributed by atoms with Gasteiger partial charge in [-0.3, -0.25) is 0 Å². The molecule has 0 aromatic carbocycles. The Bertz CT molecular complexity index is 42.5. The van der Waals surface area contributed by atoms with Crippen molar-refractivity contribution in [3.63, 3.8) is 0 Å². The molecule has 10 heavy (non-hydrogen) atoms. The number of unbranched alkanes of at least 4 members (excludes halogenated alkanes) is 2. The fraction of sp³-hybridized carbons (Fsp3) is 1.00. The zero-order chi connectivity index (χ0) is 6.95. The van der Waals surface area contributed by atoms with Crippen molar-refractivity contribution in [1.29, 1.82) is 0 Å². The van der Waals surface area contributed by atoms with Crippen molar-refractivity contribution in [2.75, 3.05) is 13.2 Å². The molecule has 0 spiro atoms. The molecule has 1 radical (unpaired) electrons. The summed E-state index contributed by atoms with van der Waals surface area (Å²) in [5.41, 5.74) is 0. The average molecular weight is 189 g/mol. The van der Waals surface area contributed by atoms with Gasteiger partial charge in [0.2, 0.25) is 0 Å². The van der Waals surface area contributed by atoms with Crippen LogP contribution in [0.2, 0.25) is 0 Å². The largest absolute Gasteiger partial charge is 0.381 e. The molecule has 0 saturated heterocycles. The fourth-order valence-electron chi connectivity index (χ4n) is 0.595. The van der Waals surface area contributed by atoms with E-state index in [-0.39, 0.29) is 16.8 Å². The summed E-state index contributed by atoms with van der Waals surface area (Å²) in [5.74, 6) is 0. The molecule has 0 rings (SSSR count). The van der Waals surface area contributed by atoms with Gasteiger partial charge in [-0.25, -0.2) is 0 Å². The minimum atomic E-state index is 0. The minimum Gasteiger partial charge on any atom is -0.381 e. The molecular weight excluding hydrogens is 171 g/mol. The monoisotopic (exact) mass is 189 g/mol. The number of rotatable bonds is 6. The van der Waals surface area contributed by atoms with Crippen LogP contribution >= 0.6 is 0 Å². The van der Waals surface area contributed by atoms with Gasteiger partial charge in [0.05, 0.1) is 0 Å². The summed E-state index contributed by atoms with van der Waals surface area (Å²) in [6.45, 7) is 6.28. The van der Waals surface area contributed by atoms with Gasteiger partial charge in [-0.1, -0.05) is 26.7 Å². The van der Waals surface area contributed by atoms with Crippen molar-refractivity contribution in [1.82, 2.24) is 0 Å². The first-order valence-corrected chi connectivity index (χ1v) is 3.99. The van der Waals surface area contributed by atoms with Gasteiger partial charge in [-0.05, 0) is 12.8 Å². The fourth-order valence-corrected chi connectivity index (χ4v) is 0.595. The SMILES string of the molecule is CCCCOCCCC.[Co]. The molecule has 0 atom stereocenters. The summed E-state index contributed by atoms with van der Waals surface area (Å²) in [6.07, 6.45) is 4.91. The molecule has 2 heteroatoms. The van der Waals surface area contributed by atoms with E-state index >= 15 is 0 Å². The topological polar surface area (TPSA) is 9.23 Å². The molecule has 0 amide bonds. The van der Waals surface area contributed by atoms with Crippen molar-refractivity contribution in [2.24, 2.45) is 0 Å². The standard InChI is InChI=1S/C8H18O.Co/c1-3-5-7-9-8-6-4-2;/h3-8H2,1-2H3;. The Labute approximate surface area is 74.7 Å². The predicted molar refractivity (Wildman–Crippen MR) is 40.6 cm³/mol. The first-order chi connectivity index (χ1) is 4.41. The maximum Gasteiger partial charge on any atom is 0.0465 e. The van der Waals surface area contributed by atoms with Crippen LogP contribution in [0.3, 0.4) is 0 Å². The van der Waals surface area contributed by atoms with E-state index in [0.717, 1.165) is 13.2 Å². The zero-order valence-corrected chi connectivity index (χ0v) is 8.03. The van der Waals surface area contributed by atoms with E-state index in [2.05, 4.69) is 13.8 Å². The first kappa shape index (κ1) is 13.1. The van der Waals surface area contributed by atoms with E-state index in [0.29, 0.717) is 0 Å². The van der Waals surface area contributed by atoms with Crippen molar-refractivity contribution in [3.8, 4) is 0 Å². The Balaban J connectivity index is 0. The quantitative estimate of drug-likeness (QED) is 0.583. The molecule has 0 saturated carbocycles. The molecule has 0 aliphatic rings. The Kier molecular flexibility index (Phi) is 15.9. The molecule has 0 aromatic rings. The van der Waals surface area contributed by atoms with E-state index in [1.165, 1.54) is 25.7 Å². The summed E-state index contributed by atoms with van der Waals surface area (Å²) >= 11 is 0. The molecule has 1 nitrogen and oxygen atoms in total. The average Bonchev–Trinajstić information content (AvgIpc) is 1.89. The van der Waals surface area contributed by atoms with Gasteiger partial charge in [0.1, 0.15) is 0 Å². The van der Waals surface area contributed by atoms with Crippen LogP contribution in [0.15, 0.2) is 0 Å². The van der Waals surface area contributed by atoms with Gasteiger partial charge in [-0.15, -0.1) is 0 Å². The van der Waals surface area contributed by atoms with Crippen molar-refractivity contribution in [2.45, 2.75) is 39.5 Å². The molecule has 0 bridgehead atoms. The minimum absolute atomic E-state index is 0. The van der Waals surface area contributed by atoms with Crippen LogP contribution in [0.4, 0.5) is 0 Å². The molecule has 0 heterocycles. The molecule has 0 unspecified atom stereocenters. The smallest absolute Gasteiger partial charge is 0.0465 e. The van der Waals surface area contributed by atoms with Gasteiger partial charge in [0, 0.05) is 30.0 Å². The van der Waals surface area contributed by atoms with Gasteiger partial charge < -0.3 is 4.74 Å². The number of ether oxygens (including phenoxy) is 1. The third-order valence-corrected chi connectivity index (χ3v) is 1.28. The molecule has 0 fully saturated rings. The second kappa shape index (κ2) is 12.2. The second-order valence-electron chi connectivity index (χ2n) is 2.32. The molecule has 65 valence electrons. The van der Waals surface area contributed by atoms with Crippen molar-refractivity contribution in [3.05, 3.63) is 0 Å². The molecule has 0 aromatic heterocycles. The molecule has 0 aliphatic heterocycles. The van der Waals surface area contributed by atoms with Gasteiger partial charge >= 0.3 is 0 Å². The third-order valence-electron chi connectivity index (χ3n) is 1.28. The summed E-state index contributed by atoms with van der Waals surface area (Å²) in [7, 11) is 0. The van der Waals surface area contributed by atoms with Gasteiger partial charge in [-0.2, -0.15) is 0 Å². The van der Waals surface area contributed by atoms with Crippen molar-refractivity contribution < 1.29 is 21.5 Å². The number of hydrogen-bond acceptors (Lipinski definition) is 1. The van der Waals surface area contributed by atoms with E-state index in [1.54, 1.807) is 0 Å².